The maximum absolute atomic E-state index is 13.8. The fourth-order valence-electron chi connectivity index (χ4n) is 6.03. The molecule has 38 heavy (non-hydrogen) atoms. The van der Waals surface area contributed by atoms with E-state index in [4.69, 9.17) is 9.72 Å². The lowest BCUT2D eigenvalue weighted by molar-refractivity contribution is -0.127. The normalized spacial score (nSPS) is 17.4. The first-order valence-corrected chi connectivity index (χ1v) is 14.8. The number of nitrogens with zero attached hydrogens (tertiary/aromatic N) is 4. The molecule has 2 fully saturated rings. The van der Waals surface area contributed by atoms with Gasteiger partial charge in [-0.15, -0.1) is 11.3 Å². The van der Waals surface area contributed by atoms with Crippen LogP contribution in [0.2, 0.25) is 0 Å². The van der Waals surface area contributed by atoms with E-state index in [1.165, 1.54) is 28.9 Å². The Balaban J connectivity index is 1.33. The molecule has 200 valence electrons. The summed E-state index contributed by atoms with van der Waals surface area (Å²) in [6.07, 6.45) is 5.81. The average molecular weight is 533 g/mol. The summed E-state index contributed by atoms with van der Waals surface area (Å²) in [6, 6.07) is 8.86. The molecule has 0 N–H and O–H groups in total. The van der Waals surface area contributed by atoms with Gasteiger partial charge in [0.15, 0.2) is 0 Å². The van der Waals surface area contributed by atoms with Crippen molar-refractivity contribution in [1.29, 1.82) is 0 Å². The first-order chi connectivity index (χ1) is 18.6. The first-order valence-electron chi connectivity index (χ1n) is 14.0. The predicted octanol–water partition coefficient (Wildman–Crippen LogP) is 4.58. The van der Waals surface area contributed by atoms with Crippen LogP contribution in [0.15, 0.2) is 29.6 Å². The Bertz CT molecular complexity index is 1350. The molecule has 6 rings (SSSR count). The van der Waals surface area contributed by atoms with Crippen molar-refractivity contribution in [1.82, 2.24) is 14.8 Å². The second-order valence-corrected chi connectivity index (χ2v) is 11.7. The van der Waals surface area contributed by atoms with Crippen molar-refractivity contribution in [2.24, 2.45) is 0 Å². The lowest BCUT2D eigenvalue weighted by atomic mass is 10.0. The minimum atomic E-state index is 0.0622. The van der Waals surface area contributed by atoms with Crippen LogP contribution in [0.3, 0.4) is 0 Å². The van der Waals surface area contributed by atoms with E-state index < -0.39 is 0 Å². The Morgan fingerprint density at radius 2 is 1.89 bits per heavy atom. The van der Waals surface area contributed by atoms with Crippen molar-refractivity contribution in [3.63, 3.8) is 0 Å². The zero-order valence-electron chi connectivity index (χ0n) is 22.2. The molecule has 1 aromatic carbocycles. The average Bonchev–Trinajstić information content (AvgIpc) is 3.67. The number of hydrogen-bond acceptors (Lipinski definition) is 6. The van der Waals surface area contributed by atoms with E-state index in [0.29, 0.717) is 39.3 Å². The van der Waals surface area contributed by atoms with Crippen LogP contribution >= 0.6 is 11.3 Å². The maximum Gasteiger partial charge on any atom is 0.264 e. The molecular weight excluding hydrogens is 496 g/mol. The highest BCUT2D eigenvalue weighted by Gasteiger charge is 2.25. The molecule has 0 unspecified atom stereocenters. The molecule has 7 nitrogen and oxygen atoms in total. The van der Waals surface area contributed by atoms with Gasteiger partial charge in [-0.25, -0.2) is 4.98 Å². The number of carbonyl (C=O) groups is 2. The number of hydrogen-bond donors (Lipinski definition) is 0. The minimum Gasteiger partial charge on any atom is -0.378 e. The lowest BCUT2D eigenvalue weighted by Gasteiger charge is -2.31. The van der Waals surface area contributed by atoms with Crippen molar-refractivity contribution in [3.8, 4) is 0 Å². The van der Waals surface area contributed by atoms with Crippen LogP contribution in [0.25, 0.3) is 10.9 Å². The van der Waals surface area contributed by atoms with Gasteiger partial charge in [0.1, 0.15) is 5.82 Å². The van der Waals surface area contributed by atoms with E-state index in [1.807, 2.05) is 28.2 Å². The zero-order valence-corrected chi connectivity index (χ0v) is 23.0. The van der Waals surface area contributed by atoms with E-state index in [1.54, 1.807) is 0 Å². The Morgan fingerprint density at radius 3 is 2.63 bits per heavy atom. The summed E-state index contributed by atoms with van der Waals surface area (Å²) in [7, 11) is 0. The standard InChI is InChI=1S/C30H36N4O3S/c1-21-8-16-38-28(21)30(36)34(11-4-10-32-9-3-7-27(32)35)20-25-18-24-17-22-5-2-6-23(22)19-26(24)31-29(25)33-12-14-37-15-13-33/h8,16-19H,2-7,9-15,20H2,1H3. The van der Waals surface area contributed by atoms with Crippen LogP contribution in [0.1, 0.15) is 57.6 Å². The molecule has 0 radical (unpaired) electrons. The Kier molecular flexibility index (Phi) is 7.34. The fourth-order valence-corrected chi connectivity index (χ4v) is 6.92. The number of amides is 2. The van der Waals surface area contributed by atoms with E-state index in [-0.39, 0.29) is 11.8 Å². The van der Waals surface area contributed by atoms with Crippen molar-refractivity contribution < 1.29 is 14.3 Å². The largest absolute Gasteiger partial charge is 0.378 e. The summed E-state index contributed by atoms with van der Waals surface area (Å²) in [6.45, 7) is 7.59. The van der Waals surface area contributed by atoms with Crippen LogP contribution in [-0.2, 0) is 28.9 Å². The number of benzene rings is 1. The summed E-state index contributed by atoms with van der Waals surface area (Å²) in [5.41, 5.74) is 5.99. The highest BCUT2D eigenvalue weighted by atomic mass is 32.1. The summed E-state index contributed by atoms with van der Waals surface area (Å²) in [5, 5.41) is 3.14. The van der Waals surface area contributed by atoms with Crippen LogP contribution in [0.5, 0.6) is 0 Å². The molecular formula is C30H36N4O3S. The molecule has 0 saturated carbocycles. The Labute approximate surface area is 228 Å². The third-order valence-electron chi connectivity index (χ3n) is 8.13. The Morgan fingerprint density at radius 1 is 1.08 bits per heavy atom. The molecule has 2 aliphatic heterocycles. The SMILES string of the molecule is Cc1ccsc1C(=O)N(CCCN1CCCC1=O)Cc1cc2cc3c(cc2nc1N1CCOCC1)CCC3. The molecule has 2 aromatic heterocycles. The first kappa shape index (κ1) is 25.3. The van der Waals surface area contributed by atoms with Crippen LogP contribution < -0.4 is 4.90 Å². The molecule has 8 heteroatoms. The van der Waals surface area contributed by atoms with Gasteiger partial charge in [0.25, 0.3) is 5.91 Å². The zero-order chi connectivity index (χ0) is 26.1. The van der Waals surface area contributed by atoms with Gasteiger partial charge in [-0.3, -0.25) is 9.59 Å². The fraction of sp³-hybridized carbons (Fsp3) is 0.500. The van der Waals surface area contributed by atoms with E-state index in [2.05, 4.69) is 23.1 Å². The van der Waals surface area contributed by atoms with Gasteiger partial charge in [0.2, 0.25) is 5.91 Å². The number of ether oxygens (including phenoxy) is 1. The molecule has 4 heterocycles. The smallest absolute Gasteiger partial charge is 0.264 e. The number of fused-ring (bicyclic) bond motifs is 2. The molecule has 0 spiro atoms. The van der Waals surface area contributed by atoms with E-state index in [0.717, 1.165) is 78.0 Å². The highest BCUT2D eigenvalue weighted by Crippen LogP contribution is 2.32. The van der Waals surface area contributed by atoms with Crippen molar-refractivity contribution >= 4 is 39.9 Å². The number of morpholine rings is 1. The van der Waals surface area contributed by atoms with Crippen LogP contribution in [0.4, 0.5) is 5.82 Å². The van der Waals surface area contributed by atoms with Crippen molar-refractivity contribution in [2.45, 2.75) is 52.0 Å². The number of likely N-dealkylation sites (tertiary alicyclic amines) is 1. The molecule has 0 bridgehead atoms. The number of thiophene rings is 1. The number of pyridine rings is 1. The highest BCUT2D eigenvalue weighted by molar-refractivity contribution is 7.12. The summed E-state index contributed by atoms with van der Waals surface area (Å²) < 4.78 is 5.64. The van der Waals surface area contributed by atoms with Gasteiger partial charge >= 0.3 is 0 Å². The van der Waals surface area contributed by atoms with Gasteiger partial charge in [0, 0.05) is 56.6 Å². The van der Waals surface area contributed by atoms with Gasteiger partial charge in [-0.2, -0.15) is 0 Å². The second kappa shape index (κ2) is 11.0. The molecule has 2 amide bonds. The number of aryl methyl sites for hydroxylation is 3. The summed E-state index contributed by atoms with van der Waals surface area (Å²) >= 11 is 1.51. The van der Waals surface area contributed by atoms with Crippen LogP contribution in [-0.4, -0.2) is 72.5 Å². The maximum atomic E-state index is 13.8. The van der Waals surface area contributed by atoms with Crippen molar-refractivity contribution in [2.75, 3.05) is 50.8 Å². The van der Waals surface area contributed by atoms with Gasteiger partial charge < -0.3 is 19.4 Å². The Hall–Kier alpha value is -2.97. The number of rotatable bonds is 8. The topological polar surface area (TPSA) is 66.0 Å². The van der Waals surface area contributed by atoms with Gasteiger partial charge in [0.05, 0.1) is 23.6 Å². The monoisotopic (exact) mass is 532 g/mol. The number of anilines is 1. The van der Waals surface area contributed by atoms with E-state index >= 15 is 0 Å². The quantitative estimate of drug-likeness (QED) is 0.425. The summed E-state index contributed by atoms with van der Waals surface area (Å²) in [5.74, 6) is 1.26. The van der Waals surface area contributed by atoms with E-state index in [9.17, 15) is 9.59 Å². The third-order valence-corrected chi connectivity index (χ3v) is 9.13. The van der Waals surface area contributed by atoms with Gasteiger partial charge in [-0.05, 0) is 85.4 Å². The molecule has 2 saturated heterocycles. The molecule has 1 aliphatic carbocycles. The minimum absolute atomic E-state index is 0.0622. The van der Waals surface area contributed by atoms with Gasteiger partial charge in [-0.1, -0.05) is 0 Å². The lowest BCUT2D eigenvalue weighted by Crippen LogP contribution is -2.39. The summed E-state index contributed by atoms with van der Waals surface area (Å²) in [4.78, 5) is 38.2. The van der Waals surface area contributed by atoms with Crippen molar-refractivity contribution in [3.05, 3.63) is 56.8 Å². The molecule has 3 aliphatic rings. The second-order valence-electron chi connectivity index (χ2n) is 10.7. The number of aromatic nitrogens is 1. The third kappa shape index (κ3) is 5.16. The number of carbonyl (C=O) groups excluding carboxylic acids is 2. The molecule has 0 atom stereocenters. The van der Waals surface area contributed by atoms with Crippen LogP contribution in [0, 0.1) is 6.92 Å². The predicted molar refractivity (Wildman–Crippen MR) is 151 cm³/mol. The molecule has 3 aromatic rings.